The highest BCUT2D eigenvalue weighted by Gasteiger charge is 2.18. The van der Waals surface area contributed by atoms with Crippen LogP contribution in [0.5, 0.6) is 0 Å². The summed E-state index contributed by atoms with van der Waals surface area (Å²) in [6.45, 7) is 11.0. The molecule has 0 amide bonds. The molecule has 1 atom stereocenters. The maximum Gasteiger partial charge on any atom is 0.160 e. The van der Waals surface area contributed by atoms with E-state index in [9.17, 15) is 4.79 Å². The molecule has 0 fully saturated rings. The van der Waals surface area contributed by atoms with Crippen LogP contribution in [0, 0.1) is 6.92 Å². The maximum absolute atomic E-state index is 11.5. The van der Waals surface area contributed by atoms with Gasteiger partial charge in [-0.05, 0) is 51.3 Å². The van der Waals surface area contributed by atoms with Crippen LogP contribution >= 0.6 is 11.6 Å². The van der Waals surface area contributed by atoms with E-state index >= 15 is 0 Å². The van der Waals surface area contributed by atoms with Crippen LogP contribution in [0.1, 0.15) is 56.5 Å². The lowest BCUT2D eigenvalue weighted by Gasteiger charge is -2.32. The quantitative estimate of drug-likeness (QED) is 0.694. The summed E-state index contributed by atoms with van der Waals surface area (Å²) in [6, 6.07) is 4.32. The van der Waals surface area contributed by atoms with E-state index in [1.165, 1.54) is 0 Å². The highest BCUT2D eigenvalue weighted by atomic mass is 35.5. The monoisotopic (exact) mass is 281 g/mol. The van der Waals surface area contributed by atoms with Crippen molar-refractivity contribution in [2.75, 3.05) is 11.4 Å². The van der Waals surface area contributed by atoms with E-state index in [1.54, 1.807) is 6.92 Å². The average molecular weight is 282 g/mol. The third-order valence-electron chi connectivity index (χ3n) is 3.64. The molecule has 0 spiro atoms. The second-order valence-electron chi connectivity index (χ2n) is 5.08. The van der Waals surface area contributed by atoms with Gasteiger partial charge in [0.25, 0.3) is 0 Å². The smallest absolute Gasteiger partial charge is 0.160 e. The molecule has 0 aliphatic rings. The fourth-order valence-electron chi connectivity index (χ4n) is 2.31. The Morgan fingerprint density at radius 3 is 2.47 bits per heavy atom. The van der Waals surface area contributed by atoms with Crippen molar-refractivity contribution in [3.8, 4) is 0 Å². The van der Waals surface area contributed by atoms with Crippen LogP contribution in [0.2, 0.25) is 5.02 Å². The Balaban J connectivity index is 3.25. The SMILES string of the molecule is CCCN(c1ccc(C(C)=O)c(C)c1Cl)C(C)CC. The molecule has 106 valence electrons. The van der Waals surface area contributed by atoms with Crippen molar-refractivity contribution in [3.63, 3.8) is 0 Å². The molecule has 0 bridgehead atoms. The van der Waals surface area contributed by atoms with Crippen molar-refractivity contribution in [1.29, 1.82) is 0 Å². The molecule has 0 heterocycles. The van der Waals surface area contributed by atoms with Crippen molar-refractivity contribution in [2.45, 2.75) is 53.5 Å². The number of carbonyl (C=O) groups is 1. The van der Waals surface area contributed by atoms with Crippen molar-refractivity contribution in [3.05, 3.63) is 28.3 Å². The second kappa shape index (κ2) is 6.95. The predicted octanol–water partition coefficient (Wildman–Crippen LogP) is 4.87. The predicted molar refractivity (Wildman–Crippen MR) is 83.6 cm³/mol. The van der Waals surface area contributed by atoms with Crippen LogP contribution in [0.15, 0.2) is 12.1 Å². The van der Waals surface area contributed by atoms with E-state index in [2.05, 4.69) is 25.7 Å². The van der Waals surface area contributed by atoms with Gasteiger partial charge in [0, 0.05) is 18.2 Å². The van der Waals surface area contributed by atoms with Crippen LogP contribution < -0.4 is 4.90 Å². The molecule has 3 heteroatoms. The van der Waals surface area contributed by atoms with Crippen molar-refractivity contribution in [1.82, 2.24) is 0 Å². The number of anilines is 1. The molecule has 0 saturated heterocycles. The van der Waals surface area contributed by atoms with Crippen LogP contribution in [0.25, 0.3) is 0 Å². The Morgan fingerprint density at radius 1 is 1.37 bits per heavy atom. The lowest BCUT2D eigenvalue weighted by Crippen LogP contribution is -2.33. The van der Waals surface area contributed by atoms with E-state index in [0.717, 1.165) is 30.6 Å². The van der Waals surface area contributed by atoms with E-state index in [1.807, 2.05) is 19.1 Å². The largest absolute Gasteiger partial charge is 0.368 e. The Bertz CT molecular complexity index is 456. The zero-order chi connectivity index (χ0) is 14.6. The van der Waals surface area contributed by atoms with Crippen LogP contribution in [-0.4, -0.2) is 18.4 Å². The summed E-state index contributed by atoms with van der Waals surface area (Å²) in [5.41, 5.74) is 2.64. The molecule has 1 aromatic rings. The normalized spacial score (nSPS) is 12.3. The zero-order valence-corrected chi connectivity index (χ0v) is 13.3. The summed E-state index contributed by atoms with van der Waals surface area (Å²) in [7, 11) is 0. The van der Waals surface area contributed by atoms with Gasteiger partial charge >= 0.3 is 0 Å². The minimum absolute atomic E-state index is 0.0662. The van der Waals surface area contributed by atoms with Crippen molar-refractivity contribution >= 4 is 23.1 Å². The molecule has 2 nitrogen and oxygen atoms in total. The van der Waals surface area contributed by atoms with Gasteiger partial charge in [0.15, 0.2) is 5.78 Å². The number of halogens is 1. The Kier molecular flexibility index (Phi) is 5.86. The molecular formula is C16H24ClNO. The molecule has 1 aromatic carbocycles. The van der Waals surface area contributed by atoms with Crippen LogP contribution in [-0.2, 0) is 0 Å². The molecule has 0 aromatic heterocycles. The van der Waals surface area contributed by atoms with Crippen LogP contribution in [0.4, 0.5) is 5.69 Å². The Labute approximate surface area is 121 Å². The molecule has 0 radical (unpaired) electrons. The lowest BCUT2D eigenvalue weighted by molar-refractivity contribution is 0.101. The minimum atomic E-state index is 0.0662. The van der Waals surface area contributed by atoms with Crippen molar-refractivity contribution in [2.24, 2.45) is 0 Å². The van der Waals surface area contributed by atoms with Gasteiger partial charge in [-0.2, -0.15) is 0 Å². The highest BCUT2D eigenvalue weighted by molar-refractivity contribution is 6.34. The third-order valence-corrected chi connectivity index (χ3v) is 4.12. The fraction of sp³-hybridized carbons (Fsp3) is 0.562. The molecule has 1 rings (SSSR count). The number of nitrogens with zero attached hydrogens (tertiary/aromatic N) is 1. The number of rotatable bonds is 6. The number of hydrogen-bond acceptors (Lipinski definition) is 2. The van der Waals surface area contributed by atoms with Gasteiger partial charge in [-0.15, -0.1) is 0 Å². The van der Waals surface area contributed by atoms with Gasteiger partial charge < -0.3 is 4.90 Å². The van der Waals surface area contributed by atoms with Gasteiger partial charge in [-0.1, -0.05) is 25.4 Å². The summed E-state index contributed by atoms with van der Waals surface area (Å²) < 4.78 is 0. The number of carbonyl (C=O) groups excluding carboxylic acids is 1. The number of Topliss-reactive ketones (excluding diaryl/α,β-unsaturated/α-hetero) is 1. The summed E-state index contributed by atoms with van der Waals surface area (Å²) in [5.74, 6) is 0.0662. The first kappa shape index (κ1) is 16.0. The van der Waals surface area contributed by atoms with Gasteiger partial charge in [-0.3, -0.25) is 4.79 Å². The molecule has 1 unspecified atom stereocenters. The summed E-state index contributed by atoms with van der Waals surface area (Å²) in [4.78, 5) is 13.9. The van der Waals surface area contributed by atoms with Gasteiger partial charge in [0.2, 0.25) is 0 Å². The minimum Gasteiger partial charge on any atom is -0.368 e. The summed E-state index contributed by atoms with van der Waals surface area (Å²) in [6.07, 6.45) is 2.15. The zero-order valence-electron chi connectivity index (χ0n) is 12.6. The lowest BCUT2D eigenvalue weighted by atomic mass is 10.0. The molecule has 19 heavy (non-hydrogen) atoms. The molecule has 0 N–H and O–H groups in total. The van der Waals surface area contributed by atoms with Gasteiger partial charge in [-0.25, -0.2) is 0 Å². The van der Waals surface area contributed by atoms with E-state index < -0.39 is 0 Å². The van der Waals surface area contributed by atoms with Crippen molar-refractivity contribution < 1.29 is 4.79 Å². The Morgan fingerprint density at radius 2 is 2.00 bits per heavy atom. The van der Waals surface area contributed by atoms with E-state index in [4.69, 9.17) is 11.6 Å². The first-order valence-electron chi connectivity index (χ1n) is 7.00. The fourth-order valence-corrected chi connectivity index (χ4v) is 2.59. The van der Waals surface area contributed by atoms with Gasteiger partial charge in [0.1, 0.15) is 0 Å². The summed E-state index contributed by atoms with van der Waals surface area (Å²) in [5, 5.41) is 0.710. The molecule has 0 aliphatic heterocycles. The molecular weight excluding hydrogens is 258 g/mol. The summed E-state index contributed by atoms with van der Waals surface area (Å²) >= 11 is 6.48. The standard InChI is InChI=1S/C16H24ClNO/c1-6-10-18(11(3)7-2)15-9-8-14(13(5)19)12(4)16(15)17/h8-9,11H,6-7,10H2,1-5H3. The number of hydrogen-bond donors (Lipinski definition) is 0. The third kappa shape index (κ3) is 3.50. The average Bonchev–Trinajstić information content (AvgIpc) is 2.38. The molecule has 0 saturated carbocycles. The second-order valence-corrected chi connectivity index (χ2v) is 5.46. The van der Waals surface area contributed by atoms with E-state index in [0.29, 0.717) is 16.6 Å². The highest BCUT2D eigenvalue weighted by Crippen LogP contribution is 2.33. The topological polar surface area (TPSA) is 20.3 Å². The number of benzene rings is 1. The van der Waals surface area contributed by atoms with Gasteiger partial charge in [0.05, 0.1) is 10.7 Å². The van der Waals surface area contributed by atoms with E-state index in [-0.39, 0.29) is 5.78 Å². The molecule has 0 aliphatic carbocycles. The first-order chi connectivity index (χ1) is 8.93. The van der Waals surface area contributed by atoms with Crippen LogP contribution in [0.3, 0.4) is 0 Å². The maximum atomic E-state index is 11.5. The first-order valence-corrected chi connectivity index (χ1v) is 7.38. The number of ketones is 1. The Hall–Kier alpha value is -1.02.